The van der Waals surface area contributed by atoms with E-state index in [-0.39, 0.29) is 18.6 Å². The Kier molecular flexibility index (Phi) is 5.30. The normalized spacial score (nSPS) is 15.0. The third-order valence-corrected chi connectivity index (χ3v) is 4.16. The van der Waals surface area contributed by atoms with Crippen LogP contribution < -0.4 is 15.4 Å². The fourth-order valence-electron chi connectivity index (χ4n) is 2.90. The minimum atomic E-state index is -0.195. The lowest BCUT2D eigenvalue weighted by Gasteiger charge is -2.22. The number of rotatable bonds is 5. The molecule has 0 bridgehead atoms. The zero-order chi connectivity index (χ0) is 16.8. The average molecular weight is 330 g/mol. The Balaban J connectivity index is 1.55. The molecule has 7 nitrogen and oxygen atoms in total. The summed E-state index contributed by atoms with van der Waals surface area (Å²) in [6, 6.07) is 7.52. The van der Waals surface area contributed by atoms with E-state index >= 15 is 0 Å². The molecule has 1 aromatic carbocycles. The largest absolute Gasteiger partial charge is 0.496 e. The highest BCUT2D eigenvalue weighted by Crippen LogP contribution is 2.26. The molecule has 0 saturated heterocycles. The summed E-state index contributed by atoms with van der Waals surface area (Å²) in [7, 11) is 1.59. The van der Waals surface area contributed by atoms with Gasteiger partial charge in [0.1, 0.15) is 5.75 Å². The predicted molar refractivity (Wildman–Crippen MR) is 88.5 cm³/mol. The van der Waals surface area contributed by atoms with Gasteiger partial charge in [-0.05, 0) is 25.0 Å². The van der Waals surface area contributed by atoms with Gasteiger partial charge >= 0.3 is 6.03 Å². The summed E-state index contributed by atoms with van der Waals surface area (Å²) in [6.45, 7) is 0.195. The third-order valence-electron chi connectivity index (χ3n) is 4.16. The Hall–Kier alpha value is -2.57. The predicted octanol–water partition coefficient (Wildman–Crippen LogP) is 2.88. The first kappa shape index (κ1) is 16.3. The Morgan fingerprint density at radius 2 is 2.08 bits per heavy atom. The summed E-state index contributed by atoms with van der Waals surface area (Å²) >= 11 is 0. The van der Waals surface area contributed by atoms with Crippen molar-refractivity contribution < 1.29 is 14.1 Å². The number of para-hydroxylation sites is 1. The minimum absolute atomic E-state index is 0.195. The van der Waals surface area contributed by atoms with Crippen LogP contribution in [0.15, 0.2) is 28.8 Å². The quantitative estimate of drug-likeness (QED) is 0.880. The highest BCUT2D eigenvalue weighted by Gasteiger charge is 2.17. The van der Waals surface area contributed by atoms with Gasteiger partial charge in [-0.3, -0.25) is 0 Å². The van der Waals surface area contributed by atoms with Crippen molar-refractivity contribution in [1.82, 2.24) is 20.8 Å². The lowest BCUT2D eigenvalue weighted by atomic mass is 9.96. The first-order valence-corrected chi connectivity index (χ1v) is 8.26. The molecule has 24 heavy (non-hydrogen) atoms. The molecule has 0 atom stereocenters. The van der Waals surface area contributed by atoms with E-state index < -0.39 is 0 Å². The Morgan fingerprint density at radius 1 is 1.29 bits per heavy atom. The summed E-state index contributed by atoms with van der Waals surface area (Å²) in [4.78, 5) is 16.2. The average Bonchev–Trinajstić information content (AvgIpc) is 3.09. The summed E-state index contributed by atoms with van der Waals surface area (Å²) in [5, 5.41) is 9.70. The Bertz CT molecular complexity index is 680. The molecule has 3 rings (SSSR count). The SMILES string of the molecule is COc1ccccc1-c1noc(CNC(=O)NC2CCCCC2)n1. The first-order valence-electron chi connectivity index (χ1n) is 8.26. The Labute approximate surface area is 140 Å². The van der Waals surface area contributed by atoms with Crippen molar-refractivity contribution in [3.05, 3.63) is 30.2 Å². The number of ether oxygens (including phenoxy) is 1. The molecule has 1 saturated carbocycles. The van der Waals surface area contributed by atoms with E-state index in [1.165, 1.54) is 19.3 Å². The maximum absolute atomic E-state index is 11.9. The number of benzene rings is 1. The van der Waals surface area contributed by atoms with Crippen molar-refractivity contribution in [2.75, 3.05) is 7.11 Å². The van der Waals surface area contributed by atoms with Crippen LogP contribution in [-0.4, -0.2) is 29.3 Å². The molecular weight excluding hydrogens is 308 g/mol. The van der Waals surface area contributed by atoms with Gasteiger partial charge in [0.25, 0.3) is 0 Å². The van der Waals surface area contributed by atoms with Crippen LogP contribution in [0.5, 0.6) is 5.75 Å². The lowest BCUT2D eigenvalue weighted by Crippen LogP contribution is -2.42. The van der Waals surface area contributed by atoms with Gasteiger partial charge in [0.05, 0.1) is 19.2 Å². The smallest absolute Gasteiger partial charge is 0.315 e. The molecular formula is C17H22N4O3. The molecule has 1 aliphatic rings. The topological polar surface area (TPSA) is 89.3 Å². The van der Waals surface area contributed by atoms with Crippen LogP contribution in [0.25, 0.3) is 11.4 Å². The molecule has 1 heterocycles. The molecule has 0 spiro atoms. The van der Waals surface area contributed by atoms with Gasteiger partial charge in [0.2, 0.25) is 11.7 Å². The van der Waals surface area contributed by atoms with Crippen molar-refractivity contribution in [3.8, 4) is 17.1 Å². The van der Waals surface area contributed by atoms with Gasteiger partial charge in [-0.2, -0.15) is 4.98 Å². The molecule has 0 radical (unpaired) electrons. The summed E-state index contributed by atoms with van der Waals surface area (Å²) in [6.07, 6.45) is 5.71. The third kappa shape index (κ3) is 4.04. The van der Waals surface area contributed by atoms with Crippen LogP contribution in [0.3, 0.4) is 0 Å². The lowest BCUT2D eigenvalue weighted by molar-refractivity contribution is 0.230. The van der Waals surface area contributed by atoms with E-state index in [0.29, 0.717) is 17.5 Å². The molecule has 1 aliphatic carbocycles. The molecule has 1 aromatic heterocycles. The number of urea groups is 1. The van der Waals surface area contributed by atoms with Crippen LogP contribution in [0.1, 0.15) is 38.0 Å². The van der Waals surface area contributed by atoms with E-state index in [1.54, 1.807) is 7.11 Å². The van der Waals surface area contributed by atoms with Gasteiger partial charge < -0.3 is 19.9 Å². The van der Waals surface area contributed by atoms with Crippen molar-refractivity contribution in [2.45, 2.75) is 44.7 Å². The summed E-state index contributed by atoms with van der Waals surface area (Å²) in [5.41, 5.74) is 0.752. The zero-order valence-corrected chi connectivity index (χ0v) is 13.7. The maximum atomic E-state index is 11.9. The molecule has 2 aromatic rings. The van der Waals surface area contributed by atoms with Crippen molar-refractivity contribution in [3.63, 3.8) is 0 Å². The number of nitrogens with zero attached hydrogens (tertiary/aromatic N) is 2. The number of nitrogens with one attached hydrogen (secondary N) is 2. The number of methoxy groups -OCH3 is 1. The molecule has 0 aliphatic heterocycles. The summed E-state index contributed by atoms with van der Waals surface area (Å²) in [5.74, 6) is 1.47. The minimum Gasteiger partial charge on any atom is -0.496 e. The van der Waals surface area contributed by atoms with E-state index in [9.17, 15) is 4.79 Å². The van der Waals surface area contributed by atoms with Crippen molar-refractivity contribution in [1.29, 1.82) is 0 Å². The second-order valence-electron chi connectivity index (χ2n) is 5.87. The highest BCUT2D eigenvalue weighted by atomic mass is 16.5. The second kappa shape index (κ2) is 7.81. The van der Waals surface area contributed by atoms with Crippen LogP contribution in [0.2, 0.25) is 0 Å². The van der Waals surface area contributed by atoms with Crippen LogP contribution >= 0.6 is 0 Å². The highest BCUT2D eigenvalue weighted by molar-refractivity contribution is 5.74. The van der Waals surface area contributed by atoms with Crippen molar-refractivity contribution in [2.24, 2.45) is 0 Å². The standard InChI is InChI=1S/C17H22N4O3/c1-23-14-10-6-5-9-13(14)16-20-15(24-21-16)11-18-17(22)19-12-7-3-2-4-8-12/h5-6,9-10,12H,2-4,7-8,11H2,1H3,(H2,18,19,22). The second-order valence-corrected chi connectivity index (χ2v) is 5.87. The van der Waals surface area contributed by atoms with Gasteiger partial charge in [0.15, 0.2) is 0 Å². The number of hydrogen-bond donors (Lipinski definition) is 2. The van der Waals surface area contributed by atoms with E-state index in [2.05, 4.69) is 20.8 Å². The number of carbonyl (C=O) groups excluding carboxylic acids is 1. The summed E-state index contributed by atoms with van der Waals surface area (Å²) < 4.78 is 10.5. The monoisotopic (exact) mass is 330 g/mol. The van der Waals surface area contributed by atoms with Crippen molar-refractivity contribution >= 4 is 6.03 Å². The van der Waals surface area contributed by atoms with E-state index in [4.69, 9.17) is 9.26 Å². The number of amides is 2. The van der Waals surface area contributed by atoms with E-state index in [0.717, 1.165) is 18.4 Å². The molecule has 0 unspecified atom stereocenters. The number of carbonyl (C=O) groups is 1. The molecule has 1 fully saturated rings. The molecule has 128 valence electrons. The molecule has 7 heteroatoms. The van der Waals surface area contributed by atoms with Gasteiger partial charge in [-0.25, -0.2) is 4.79 Å². The Morgan fingerprint density at radius 3 is 2.88 bits per heavy atom. The van der Waals surface area contributed by atoms with Crippen LogP contribution in [-0.2, 0) is 6.54 Å². The van der Waals surface area contributed by atoms with Gasteiger partial charge in [-0.1, -0.05) is 36.6 Å². The number of hydrogen-bond acceptors (Lipinski definition) is 5. The van der Waals surface area contributed by atoms with E-state index in [1.807, 2.05) is 24.3 Å². The zero-order valence-electron chi connectivity index (χ0n) is 13.7. The van der Waals surface area contributed by atoms with Gasteiger partial charge in [0, 0.05) is 6.04 Å². The fourth-order valence-corrected chi connectivity index (χ4v) is 2.90. The molecule has 2 amide bonds. The fraction of sp³-hybridized carbons (Fsp3) is 0.471. The molecule has 2 N–H and O–H groups in total. The number of aromatic nitrogens is 2. The van der Waals surface area contributed by atoms with Gasteiger partial charge in [-0.15, -0.1) is 0 Å². The maximum Gasteiger partial charge on any atom is 0.315 e. The van der Waals surface area contributed by atoms with Crippen LogP contribution in [0.4, 0.5) is 4.79 Å². The van der Waals surface area contributed by atoms with Crippen LogP contribution in [0, 0.1) is 0 Å². The first-order chi connectivity index (χ1) is 11.8.